The van der Waals surface area contributed by atoms with Crippen LogP contribution in [0.25, 0.3) is 0 Å². The second-order valence-electron chi connectivity index (χ2n) is 4.93. The van der Waals surface area contributed by atoms with Crippen LogP contribution in [0.5, 0.6) is 0 Å². The quantitative estimate of drug-likeness (QED) is 0.672. The van der Waals surface area contributed by atoms with Crippen LogP contribution in [0, 0.1) is 17.3 Å². The Kier molecular flexibility index (Phi) is 2.16. The van der Waals surface area contributed by atoms with Crippen molar-refractivity contribution in [2.24, 2.45) is 23.0 Å². The summed E-state index contributed by atoms with van der Waals surface area (Å²) in [5.41, 5.74) is 6.54. The first-order valence-corrected chi connectivity index (χ1v) is 5.48. The van der Waals surface area contributed by atoms with Gasteiger partial charge in [-0.3, -0.25) is 0 Å². The van der Waals surface area contributed by atoms with Crippen LogP contribution >= 0.6 is 0 Å². The van der Waals surface area contributed by atoms with Gasteiger partial charge in [-0.05, 0) is 49.5 Å². The topological polar surface area (TPSA) is 26.0 Å². The Labute approximate surface area is 75.7 Å². The number of nitrogens with two attached hydrogens (primary N) is 1. The molecule has 2 fully saturated rings. The van der Waals surface area contributed by atoms with Gasteiger partial charge in [0.15, 0.2) is 0 Å². The molecule has 1 heteroatoms. The lowest BCUT2D eigenvalue weighted by Crippen LogP contribution is -2.30. The van der Waals surface area contributed by atoms with Crippen LogP contribution in [0.2, 0.25) is 0 Å². The van der Waals surface area contributed by atoms with Crippen LogP contribution in [0.3, 0.4) is 0 Å². The normalized spacial score (nSPS) is 35.0. The molecule has 0 bridgehead atoms. The minimum Gasteiger partial charge on any atom is -0.330 e. The molecule has 0 saturated heterocycles. The fraction of sp³-hybridized carbons (Fsp3) is 1.00. The van der Waals surface area contributed by atoms with Gasteiger partial charge < -0.3 is 5.73 Å². The van der Waals surface area contributed by atoms with Crippen molar-refractivity contribution in [3.8, 4) is 0 Å². The Morgan fingerprint density at radius 1 is 1.33 bits per heavy atom. The largest absolute Gasteiger partial charge is 0.330 e. The van der Waals surface area contributed by atoms with E-state index in [0.29, 0.717) is 0 Å². The molecule has 2 rings (SSSR count). The molecule has 1 spiro atoms. The van der Waals surface area contributed by atoms with Crippen molar-refractivity contribution in [3.05, 3.63) is 0 Å². The maximum atomic E-state index is 5.75. The van der Waals surface area contributed by atoms with E-state index in [2.05, 4.69) is 6.92 Å². The fourth-order valence-corrected chi connectivity index (χ4v) is 3.17. The van der Waals surface area contributed by atoms with Gasteiger partial charge in [-0.2, -0.15) is 0 Å². The van der Waals surface area contributed by atoms with Crippen molar-refractivity contribution in [2.75, 3.05) is 6.54 Å². The summed E-state index contributed by atoms with van der Waals surface area (Å²) in [4.78, 5) is 0. The second kappa shape index (κ2) is 3.02. The Hall–Kier alpha value is -0.0400. The molecule has 0 aromatic carbocycles. The first-order chi connectivity index (χ1) is 5.78. The standard InChI is InChI=1S/C11H21N/c1-9(8-12)10-4-2-3-5-11(10)6-7-11/h9-10H,2-8,12H2,1H3. The van der Waals surface area contributed by atoms with Crippen molar-refractivity contribution in [1.29, 1.82) is 0 Å². The third kappa shape index (κ3) is 1.28. The maximum Gasteiger partial charge on any atom is -0.00486 e. The monoisotopic (exact) mass is 167 g/mol. The zero-order chi connectivity index (χ0) is 8.60. The van der Waals surface area contributed by atoms with Gasteiger partial charge in [0, 0.05) is 0 Å². The van der Waals surface area contributed by atoms with Gasteiger partial charge in [0.05, 0.1) is 0 Å². The van der Waals surface area contributed by atoms with E-state index in [0.717, 1.165) is 23.8 Å². The zero-order valence-corrected chi connectivity index (χ0v) is 8.18. The SMILES string of the molecule is CC(CN)C1CCCCC12CC2. The highest BCUT2D eigenvalue weighted by Crippen LogP contribution is 2.61. The highest BCUT2D eigenvalue weighted by atomic mass is 14.6. The van der Waals surface area contributed by atoms with E-state index in [9.17, 15) is 0 Å². The van der Waals surface area contributed by atoms with Gasteiger partial charge >= 0.3 is 0 Å². The van der Waals surface area contributed by atoms with Crippen LogP contribution in [-0.4, -0.2) is 6.54 Å². The first kappa shape index (κ1) is 8.55. The zero-order valence-electron chi connectivity index (χ0n) is 8.18. The summed E-state index contributed by atoms with van der Waals surface area (Å²) in [6.07, 6.45) is 8.90. The maximum absolute atomic E-state index is 5.75. The second-order valence-corrected chi connectivity index (χ2v) is 4.93. The average Bonchev–Trinajstić information content (AvgIpc) is 2.85. The van der Waals surface area contributed by atoms with E-state index in [1.807, 2.05) is 0 Å². The molecule has 2 atom stereocenters. The van der Waals surface area contributed by atoms with Crippen LogP contribution in [-0.2, 0) is 0 Å². The molecule has 2 aliphatic carbocycles. The lowest BCUT2D eigenvalue weighted by atomic mass is 9.70. The molecule has 0 radical (unpaired) electrons. The summed E-state index contributed by atoms with van der Waals surface area (Å²) >= 11 is 0. The van der Waals surface area contributed by atoms with E-state index in [1.165, 1.54) is 38.5 Å². The lowest BCUT2D eigenvalue weighted by molar-refractivity contribution is 0.153. The van der Waals surface area contributed by atoms with Crippen molar-refractivity contribution < 1.29 is 0 Å². The third-order valence-electron chi connectivity index (χ3n) is 4.18. The molecule has 2 aliphatic rings. The Morgan fingerprint density at radius 2 is 2.08 bits per heavy atom. The molecule has 2 saturated carbocycles. The molecule has 0 amide bonds. The lowest BCUT2D eigenvalue weighted by Gasteiger charge is -2.35. The predicted molar refractivity (Wildman–Crippen MR) is 51.8 cm³/mol. The molecule has 2 unspecified atom stereocenters. The van der Waals surface area contributed by atoms with Crippen molar-refractivity contribution in [2.45, 2.75) is 45.4 Å². The highest BCUT2D eigenvalue weighted by molar-refractivity contribution is 5.01. The molecular weight excluding hydrogens is 146 g/mol. The molecule has 0 heterocycles. The van der Waals surface area contributed by atoms with E-state index in [4.69, 9.17) is 5.73 Å². The Balaban J connectivity index is 2.01. The van der Waals surface area contributed by atoms with Gasteiger partial charge in [-0.25, -0.2) is 0 Å². The molecule has 1 nitrogen and oxygen atoms in total. The number of hydrogen-bond acceptors (Lipinski definition) is 1. The summed E-state index contributed by atoms with van der Waals surface area (Å²) in [5, 5.41) is 0. The van der Waals surface area contributed by atoms with Crippen LogP contribution in [0.4, 0.5) is 0 Å². The van der Waals surface area contributed by atoms with Crippen molar-refractivity contribution in [1.82, 2.24) is 0 Å². The van der Waals surface area contributed by atoms with Gasteiger partial charge in [0.2, 0.25) is 0 Å². The van der Waals surface area contributed by atoms with Gasteiger partial charge in [-0.1, -0.05) is 19.8 Å². The number of rotatable bonds is 2. The van der Waals surface area contributed by atoms with Gasteiger partial charge in [0.25, 0.3) is 0 Å². The number of hydrogen-bond donors (Lipinski definition) is 1. The predicted octanol–water partition coefficient (Wildman–Crippen LogP) is 2.55. The fourth-order valence-electron chi connectivity index (χ4n) is 3.17. The third-order valence-corrected chi connectivity index (χ3v) is 4.18. The Morgan fingerprint density at radius 3 is 2.67 bits per heavy atom. The molecule has 0 aromatic rings. The van der Waals surface area contributed by atoms with Crippen LogP contribution in [0.15, 0.2) is 0 Å². The van der Waals surface area contributed by atoms with E-state index >= 15 is 0 Å². The van der Waals surface area contributed by atoms with Gasteiger partial charge in [-0.15, -0.1) is 0 Å². The smallest absolute Gasteiger partial charge is 0.00486 e. The molecular formula is C11H21N. The summed E-state index contributed by atoms with van der Waals surface area (Å²) in [5.74, 6) is 1.74. The minimum atomic E-state index is 0.771. The van der Waals surface area contributed by atoms with Crippen LogP contribution in [0.1, 0.15) is 45.4 Å². The molecule has 12 heavy (non-hydrogen) atoms. The van der Waals surface area contributed by atoms with Crippen molar-refractivity contribution >= 4 is 0 Å². The van der Waals surface area contributed by atoms with Crippen LogP contribution < -0.4 is 5.73 Å². The van der Waals surface area contributed by atoms with Gasteiger partial charge in [0.1, 0.15) is 0 Å². The minimum absolute atomic E-state index is 0.771. The molecule has 2 N–H and O–H groups in total. The molecule has 70 valence electrons. The summed E-state index contributed by atoms with van der Waals surface area (Å²) in [6, 6.07) is 0. The van der Waals surface area contributed by atoms with E-state index < -0.39 is 0 Å². The molecule has 0 aromatic heterocycles. The summed E-state index contributed by atoms with van der Waals surface area (Å²) < 4.78 is 0. The highest BCUT2D eigenvalue weighted by Gasteiger charge is 2.50. The van der Waals surface area contributed by atoms with Crippen molar-refractivity contribution in [3.63, 3.8) is 0 Å². The summed E-state index contributed by atoms with van der Waals surface area (Å²) in [7, 11) is 0. The Bertz CT molecular complexity index is 160. The average molecular weight is 167 g/mol. The summed E-state index contributed by atoms with van der Waals surface area (Å²) in [6.45, 7) is 3.24. The van der Waals surface area contributed by atoms with E-state index in [-0.39, 0.29) is 0 Å². The molecule has 0 aliphatic heterocycles. The first-order valence-electron chi connectivity index (χ1n) is 5.48. The van der Waals surface area contributed by atoms with E-state index in [1.54, 1.807) is 0 Å².